The third kappa shape index (κ3) is 5.22. The second-order valence-corrected chi connectivity index (χ2v) is 9.01. The van der Waals surface area contributed by atoms with E-state index in [1.807, 2.05) is 13.0 Å². The zero-order valence-corrected chi connectivity index (χ0v) is 17.1. The lowest BCUT2D eigenvalue weighted by Crippen LogP contribution is -2.52. The Labute approximate surface area is 172 Å². The molecule has 0 atom stereocenters. The molecule has 0 unspecified atom stereocenters. The fourth-order valence-corrected chi connectivity index (χ4v) is 4.95. The fourth-order valence-electron chi connectivity index (χ4n) is 3.38. The van der Waals surface area contributed by atoms with Crippen molar-refractivity contribution in [3.63, 3.8) is 0 Å². The van der Waals surface area contributed by atoms with Crippen LogP contribution in [-0.4, -0.2) is 27.9 Å². The van der Waals surface area contributed by atoms with Crippen molar-refractivity contribution in [2.75, 3.05) is 13.1 Å². The van der Waals surface area contributed by atoms with Gasteiger partial charge in [0.25, 0.3) is 0 Å². The number of hydrogen-bond donors (Lipinski definition) is 2. The van der Waals surface area contributed by atoms with Crippen LogP contribution in [0.1, 0.15) is 24.0 Å². The van der Waals surface area contributed by atoms with Crippen molar-refractivity contribution < 1.29 is 26.3 Å². The Morgan fingerprint density at radius 1 is 1.10 bits per heavy atom. The van der Waals surface area contributed by atoms with Gasteiger partial charge in [0.05, 0.1) is 10.4 Å². The normalized spacial score (nSPS) is 17.1. The Balaban J connectivity index is 1.91. The molecule has 1 heterocycles. The highest BCUT2D eigenvalue weighted by atomic mass is 35.5. The number of benzene rings is 2. The second-order valence-electron chi connectivity index (χ2n) is 6.92. The van der Waals surface area contributed by atoms with Crippen molar-refractivity contribution in [3.05, 3.63) is 58.6 Å². The highest BCUT2D eigenvalue weighted by molar-refractivity contribution is 7.89. The van der Waals surface area contributed by atoms with Gasteiger partial charge in [-0.25, -0.2) is 13.1 Å². The molecular weight excluding hydrogens is 429 g/mol. The van der Waals surface area contributed by atoms with Gasteiger partial charge in [0.2, 0.25) is 10.0 Å². The Morgan fingerprint density at radius 2 is 1.72 bits per heavy atom. The van der Waals surface area contributed by atoms with Gasteiger partial charge >= 0.3 is 6.36 Å². The summed E-state index contributed by atoms with van der Waals surface area (Å²) in [6, 6.07) is 9.51. The van der Waals surface area contributed by atoms with Crippen LogP contribution in [0, 0.1) is 6.92 Å². The molecule has 29 heavy (non-hydrogen) atoms. The first-order chi connectivity index (χ1) is 13.5. The zero-order valence-electron chi connectivity index (χ0n) is 15.5. The van der Waals surface area contributed by atoms with Crippen LogP contribution in [0.4, 0.5) is 13.2 Å². The van der Waals surface area contributed by atoms with Gasteiger partial charge in [-0.05, 0) is 74.3 Å². The summed E-state index contributed by atoms with van der Waals surface area (Å²) in [5, 5.41) is 3.79. The highest BCUT2D eigenvalue weighted by Crippen LogP contribution is 2.35. The first-order valence-corrected chi connectivity index (χ1v) is 10.7. The monoisotopic (exact) mass is 448 g/mol. The van der Waals surface area contributed by atoms with Crippen LogP contribution < -0.4 is 14.8 Å². The Kier molecular flexibility index (Phi) is 6.14. The fraction of sp³-hybridized carbons (Fsp3) is 0.368. The van der Waals surface area contributed by atoms with Gasteiger partial charge in [0.1, 0.15) is 5.75 Å². The van der Waals surface area contributed by atoms with E-state index >= 15 is 0 Å². The van der Waals surface area contributed by atoms with E-state index < -0.39 is 27.7 Å². The van der Waals surface area contributed by atoms with E-state index in [1.54, 1.807) is 12.1 Å². The number of piperidine rings is 1. The molecule has 1 aliphatic rings. The number of aryl methyl sites for hydroxylation is 1. The Morgan fingerprint density at radius 3 is 2.28 bits per heavy atom. The van der Waals surface area contributed by atoms with E-state index in [9.17, 15) is 21.6 Å². The summed E-state index contributed by atoms with van der Waals surface area (Å²) in [6.45, 7) is 3.07. The number of sulfonamides is 1. The number of rotatable bonds is 5. The average Bonchev–Trinajstić information content (AvgIpc) is 2.63. The van der Waals surface area contributed by atoms with Crippen LogP contribution in [-0.2, 0) is 15.6 Å². The maximum atomic E-state index is 13.0. The molecule has 158 valence electrons. The van der Waals surface area contributed by atoms with Crippen molar-refractivity contribution in [2.24, 2.45) is 0 Å². The topological polar surface area (TPSA) is 67.4 Å². The summed E-state index contributed by atoms with van der Waals surface area (Å²) in [4.78, 5) is -0.143. The quantitative estimate of drug-likeness (QED) is 0.722. The van der Waals surface area contributed by atoms with Crippen molar-refractivity contribution in [1.29, 1.82) is 0 Å². The molecule has 0 amide bonds. The van der Waals surface area contributed by atoms with E-state index in [0.29, 0.717) is 31.0 Å². The van der Waals surface area contributed by atoms with E-state index in [0.717, 1.165) is 35.4 Å². The molecule has 1 fully saturated rings. The van der Waals surface area contributed by atoms with Gasteiger partial charge in [-0.3, -0.25) is 0 Å². The lowest BCUT2D eigenvalue weighted by molar-refractivity contribution is -0.274. The molecule has 5 nitrogen and oxygen atoms in total. The van der Waals surface area contributed by atoms with Crippen LogP contribution in [0.25, 0.3) is 0 Å². The van der Waals surface area contributed by atoms with Crippen LogP contribution in [0.2, 0.25) is 5.02 Å². The number of halogens is 4. The first-order valence-electron chi connectivity index (χ1n) is 8.88. The smallest absolute Gasteiger partial charge is 0.406 e. The lowest BCUT2D eigenvalue weighted by atomic mass is 9.82. The average molecular weight is 449 g/mol. The van der Waals surface area contributed by atoms with Gasteiger partial charge in [0, 0.05) is 5.02 Å². The molecule has 2 aromatic carbocycles. The second kappa shape index (κ2) is 8.14. The summed E-state index contributed by atoms with van der Waals surface area (Å²) >= 11 is 6.11. The summed E-state index contributed by atoms with van der Waals surface area (Å²) < 4.78 is 69.5. The molecule has 0 radical (unpaired) electrons. The maximum absolute atomic E-state index is 13.0. The summed E-state index contributed by atoms with van der Waals surface area (Å²) in [5.74, 6) is -0.485. The van der Waals surface area contributed by atoms with E-state index in [-0.39, 0.29) is 4.90 Å². The van der Waals surface area contributed by atoms with Gasteiger partial charge in [0.15, 0.2) is 0 Å². The van der Waals surface area contributed by atoms with Crippen molar-refractivity contribution in [1.82, 2.24) is 10.0 Å². The molecule has 0 spiro atoms. The van der Waals surface area contributed by atoms with Crippen molar-refractivity contribution in [2.45, 2.75) is 36.6 Å². The number of nitrogens with one attached hydrogen (secondary N) is 2. The van der Waals surface area contributed by atoms with Crippen LogP contribution in [0.3, 0.4) is 0 Å². The van der Waals surface area contributed by atoms with Crippen LogP contribution in [0.5, 0.6) is 5.75 Å². The Bertz CT molecular complexity index is 973. The Hall–Kier alpha value is -1.81. The predicted octanol–water partition coefficient (Wildman–Crippen LogP) is 4.10. The molecule has 0 aliphatic carbocycles. The molecule has 0 aromatic heterocycles. The molecule has 0 saturated carbocycles. The molecular formula is C19H20ClF3N2O3S. The largest absolute Gasteiger partial charge is 0.573 e. The van der Waals surface area contributed by atoms with E-state index in [1.165, 1.54) is 0 Å². The molecule has 0 bridgehead atoms. The minimum absolute atomic E-state index is 0.143. The molecule has 1 saturated heterocycles. The standard InChI is InChI=1S/C19H20ClF3N2O3S/c1-13-12-14(2-7-17(13)20)18(8-10-24-11-9-18)25-29(26,27)16-5-3-15(4-6-16)28-19(21,22)23/h2-7,12,24-25H,8-11H2,1H3. The molecule has 2 aromatic rings. The summed E-state index contributed by atoms with van der Waals surface area (Å²) in [7, 11) is -4.00. The first kappa shape index (κ1) is 21.9. The highest BCUT2D eigenvalue weighted by Gasteiger charge is 2.38. The summed E-state index contributed by atoms with van der Waals surface area (Å²) in [5.41, 5.74) is 0.775. The van der Waals surface area contributed by atoms with E-state index in [2.05, 4.69) is 14.8 Å². The van der Waals surface area contributed by atoms with Crippen LogP contribution in [0.15, 0.2) is 47.4 Å². The predicted molar refractivity (Wildman–Crippen MR) is 103 cm³/mol. The number of ether oxygens (including phenoxy) is 1. The molecule has 1 aliphatic heterocycles. The lowest BCUT2D eigenvalue weighted by Gasteiger charge is -2.39. The number of alkyl halides is 3. The maximum Gasteiger partial charge on any atom is 0.573 e. The van der Waals surface area contributed by atoms with Gasteiger partial charge < -0.3 is 10.1 Å². The van der Waals surface area contributed by atoms with Crippen molar-refractivity contribution in [3.8, 4) is 5.75 Å². The minimum Gasteiger partial charge on any atom is -0.406 e. The minimum atomic E-state index is -4.84. The molecule has 3 rings (SSSR count). The third-order valence-electron chi connectivity index (χ3n) is 4.86. The van der Waals surface area contributed by atoms with Gasteiger partial charge in [-0.1, -0.05) is 23.7 Å². The SMILES string of the molecule is Cc1cc(C2(NS(=O)(=O)c3ccc(OC(F)(F)F)cc3)CCNCC2)ccc1Cl. The van der Waals surface area contributed by atoms with Gasteiger partial charge in [-0.2, -0.15) is 0 Å². The van der Waals surface area contributed by atoms with Crippen molar-refractivity contribution >= 4 is 21.6 Å². The zero-order chi connectivity index (χ0) is 21.3. The molecule has 10 heteroatoms. The molecule has 2 N–H and O–H groups in total. The summed E-state index contributed by atoms with van der Waals surface area (Å²) in [6.07, 6.45) is -3.81. The number of hydrogen-bond acceptors (Lipinski definition) is 4. The third-order valence-corrected chi connectivity index (χ3v) is 6.84. The van der Waals surface area contributed by atoms with Gasteiger partial charge in [-0.15, -0.1) is 13.2 Å². The van der Waals surface area contributed by atoms with E-state index in [4.69, 9.17) is 11.6 Å². The van der Waals surface area contributed by atoms with Crippen LogP contribution >= 0.6 is 11.6 Å².